The molecule has 0 saturated carbocycles. The number of rotatable bonds is 8. The van der Waals surface area contributed by atoms with Crippen molar-refractivity contribution in [3.05, 3.63) is 0 Å². The quantitative estimate of drug-likeness (QED) is 0.607. The molecule has 112 valence electrons. The van der Waals surface area contributed by atoms with Crippen LogP contribution < -0.4 is 10.6 Å². The highest BCUT2D eigenvalue weighted by molar-refractivity contribution is 5.85. The van der Waals surface area contributed by atoms with Crippen LogP contribution in [0.15, 0.2) is 0 Å². The molecule has 1 atom stereocenters. The molecule has 0 spiro atoms. The van der Waals surface area contributed by atoms with Gasteiger partial charge in [0.15, 0.2) is 0 Å². The zero-order valence-electron chi connectivity index (χ0n) is 11.6. The molecule has 6 nitrogen and oxygen atoms in total. The van der Waals surface area contributed by atoms with E-state index in [0.717, 1.165) is 13.0 Å². The van der Waals surface area contributed by atoms with Gasteiger partial charge in [0.25, 0.3) is 0 Å². The molecule has 2 N–H and O–H groups in total. The maximum absolute atomic E-state index is 11.6. The molecule has 0 aromatic carbocycles. The molecular formula is C12H24ClN3O3. The Morgan fingerprint density at radius 2 is 2.26 bits per heavy atom. The summed E-state index contributed by atoms with van der Waals surface area (Å²) in [6.45, 7) is 4.85. The summed E-state index contributed by atoms with van der Waals surface area (Å²) in [6.07, 6.45) is 1.57. The fourth-order valence-corrected chi connectivity index (χ4v) is 1.98. The fourth-order valence-electron chi connectivity index (χ4n) is 1.98. The number of nitrogens with one attached hydrogen (secondary N) is 2. The van der Waals surface area contributed by atoms with Crippen LogP contribution in [0.4, 0.5) is 0 Å². The van der Waals surface area contributed by atoms with Crippen molar-refractivity contribution in [2.75, 3.05) is 39.9 Å². The summed E-state index contributed by atoms with van der Waals surface area (Å²) >= 11 is 0. The monoisotopic (exact) mass is 293 g/mol. The summed E-state index contributed by atoms with van der Waals surface area (Å²) in [7, 11) is 1.62. The lowest BCUT2D eigenvalue weighted by Gasteiger charge is -2.21. The van der Waals surface area contributed by atoms with Gasteiger partial charge in [0.05, 0.1) is 13.2 Å². The first-order valence-corrected chi connectivity index (χ1v) is 6.40. The van der Waals surface area contributed by atoms with E-state index in [0.29, 0.717) is 26.1 Å². The standard InChI is InChI=1S/C12H23N3O3.ClH/c1-10(9-15-6-3-4-12(15)17)14-11(16)8-13-5-7-18-2;/h10,13H,3-9H2,1-2H3,(H,14,16);1H. The maximum atomic E-state index is 11.6. The highest BCUT2D eigenvalue weighted by Crippen LogP contribution is 2.09. The van der Waals surface area contributed by atoms with Crippen molar-refractivity contribution in [2.24, 2.45) is 0 Å². The number of hydrogen-bond acceptors (Lipinski definition) is 4. The number of carbonyl (C=O) groups excluding carboxylic acids is 2. The Morgan fingerprint density at radius 3 is 2.84 bits per heavy atom. The van der Waals surface area contributed by atoms with Gasteiger partial charge in [-0.1, -0.05) is 0 Å². The van der Waals surface area contributed by atoms with Crippen LogP contribution in [0, 0.1) is 0 Å². The van der Waals surface area contributed by atoms with Crippen molar-refractivity contribution < 1.29 is 14.3 Å². The Morgan fingerprint density at radius 1 is 1.53 bits per heavy atom. The van der Waals surface area contributed by atoms with Crippen LogP contribution in [0.5, 0.6) is 0 Å². The van der Waals surface area contributed by atoms with Crippen LogP contribution in [-0.4, -0.2) is 62.7 Å². The van der Waals surface area contributed by atoms with Crippen LogP contribution in [0.3, 0.4) is 0 Å². The van der Waals surface area contributed by atoms with Crippen LogP contribution in [-0.2, 0) is 14.3 Å². The normalized spacial score (nSPS) is 16.1. The van der Waals surface area contributed by atoms with Crippen molar-refractivity contribution >= 4 is 24.2 Å². The molecule has 0 aliphatic carbocycles. The first-order chi connectivity index (χ1) is 8.63. The Bertz CT molecular complexity index is 289. The summed E-state index contributed by atoms with van der Waals surface area (Å²) < 4.78 is 4.87. The first kappa shape index (κ1) is 18.1. The van der Waals surface area contributed by atoms with Gasteiger partial charge in [-0.2, -0.15) is 0 Å². The lowest BCUT2D eigenvalue weighted by atomic mass is 10.3. The summed E-state index contributed by atoms with van der Waals surface area (Å²) in [6, 6.07) is -0.0104. The predicted octanol–water partition coefficient (Wildman–Crippen LogP) is -0.229. The Labute approximate surface area is 120 Å². The Hall–Kier alpha value is -0.850. The molecule has 0 bridgehead atoms. The van der Waals surface area contributed by atoms with E-state index in [1.54, 1.807) is 7.11 Å². The Kier molecular flexibility index (Phi) is 9.55. The number of ether oxygens (including phenoxy) is 1. The molecule has 1 rings (SSSR count). The zero-order chi connectivity index (χ0) is 13.4. The van der Waals surface area contributed by atoms with Gasteiger partial charge in [-0.05, 0) is 13.3 Å². The molecule has 1 heterocycles. The Balaban J connectivity index is 0.00000324. The minimum Gasteiger partial charge on any atom is -0.383 e. The molecule has 0 aromatic rings. The second-order valence-electron chi connectivity index (χ2n) is 4.58. The highest BCUT2D eigenvalue weighted by atomic mass is 35.5. The number of amides is 2. The van der Waals surface area contributed by atoms with E-state index in [1.807, 2.05) is 11.8 Å². The summed E-state index contributed by atoms with van der Waals surface area (Å²) in [5, 5.41) is 5.84. The molecule has 1 aliphatic heterocycles. The minimum atomic E-state index is -0.0507. The van der Waals surface area contributed by atoms with Crippen molar-refractivity contribution in [1.29, 1.82) is 0 Å². The zero-order valence-corrected chi connectivity index (χ0v) is 12.4. The van der Waals surface area contributed by atoms with Gasteiger partial charge < -0.3 is 20.3 Å². The van der Waals surface area contributed by atoms with Gasteiger partial charge in [0.2, 0.25) is 11.8 Å². The van der Waals surface area contributed by atoms with Gasteiger partial charge in [-0.25, -0.2) is 0 Å². The number of hydrogen-bond donors (Lipinski definition) is 2. The van der Waals surface area contributed by atoms with Gasteiger partial charge in [-0.3, -0.25) is 9.59 Å². The summed E-state index contributed by atoms with van der Waals surface area (Å²) in [5.41, 5.74) is 0. The molecular weight excluding hydrogens is 270 g/mol. The maximum Gasteiger partial charge on any atom is 0.234 e. The number of nitrogens with zero attached hydrogens (tertiary/aromatic N) is 1. The second-order valence-corrected chi connectivity index (χ2v) is 4.58. The van der Waals surface area contributed by atoms with E-state index < -0.39 is 0 Å². The van der Waals surface area contributed by atoms with Crippen molar-refractivity contribution in [3.8, 4) is 0 Å². The van der Waals surface area contributed by atoms with Crippen LogP contribution in [0.2, 0.25) is 0 Å². The van der Waals surface area contributed by atoms with E-state index in [2.05, 4.69) is 10.6 Å². The third-order valence-corrected chi connectivity index (χ3v) is 2.84. The number of carbonyl (C=O) groups is 2. The van der Waals surface area contributed by atoms with Crippen LogP contribution in [0.25, 0.3) is 0 Å². The number of halogens is 1. The predicted molar refractivity (Wildman–Crippen MR) is 75.4 cm³/mol. The minimum absolute atomic E-state index is 0. The molecule has 19 heavy (non-hydrogen) atoms. The van der Waals surface area contributed by atoms with Crippen molar-refractivity contribution in [3.63, 3.8) is 0 Å². The lowest BCUT2D eigenvalue weighted by Crippen LogP contribution is -2.45. The van der Waals surface area contributed by atoms with Gasteiger partial charge in [0, 0.05) is 39.2 Å². The SMILES string of the molecule is COCCNCC(=O)NC(C)CN1CCCC1=O.Cl. The fraction of sp³-hybridized carbons (Fsp3) is 0.833. The molecule has 1 fully saturated rings. The van der Waals surface area contributed by atoms with Gasteiger partial charge in [0.1, 0.15) is 0 Å². The average Bonchev–Trinajstić information content (AvgIpc) is 2.70. The van der Waals surface area contributed by atoms with Gasteiger partial charge >= 0.3 is 0 Å². The van der Waals surface area contributed by atoms with Gasteiger partial charge in [-0.15, -0.1) is 12.4 Å². The van der Waals surface area contributed by atoms with Crippen LogP contribution >= 0.6 is 12.4 Å². The first-order valence-electron chi connectivity index (χ1n) is 6.40. The molecule has 0 aromatic heterocycles. The van der Waals surface area contributed by atoms with E-state index >= 15 is 0 Å². The third kappa shape index (κ3) is 7.34. The molecule has 7 heteroatoms. The number of likely N-dealkylation sites (tertiary alicyclic amines) is 1. The average molecular weight is 294 g/mol. The van der Waals surface area contributed by atoms with Crippen molar-refractivity contribution in [1.82, 2.24) is 15.5 Å². The summed E-state index contributed by atoms with van der Waals surface area (Å²) in [4.78, 5) is 24.8. The molecule has 1 aliphatic rings. The summed E-state index contributed by atoms with van der Waals surface area (Å²) in [5.74, 6) is 0.138. The van der Waals surface area contributed by atoms with E-state index in [9.17, 15) is 9.59 Å². The largest absolute Gasteiger partial charge is 0.383 e. The number of methoxy groups -OCH3 is 1. The lowest BCUT2D eigenvalue weighted by molar-refractivity contribution is -0.128. The second kappa shape index (κ2) is 10.00. The van der Waals surface area contributed by atoms with Crippen molar-refractivity contribution in [2.45, 2.75) is 25.8 Å². The van der Waals surface area contributed by atoms with Crippen LogP contribution in [0.1, 0.15) is 19.8 Å². The molecule has 0 radical (unpaired) electrons. The molecule has 1 unspecified atom stereocenters. The van der Waals surface area contributed by atoms with E-state index in [-0.39, 0.29) is 36.8 Å². The highest BCUT2D eigenvalue weighted by Gasteiger charge is 2.22. The van der Waals surface area contributed by atoms with E-state index in [4.69, 9.17) is 4.74 Å². The third-order valence-electron chi connectivity index (χ3n) is 2.84. The topological polar surface area (TPSA) is 70.7 Å². The smallest absolute Gasteiger partial charge is 0.234 e. The van der Waals surface area contributed by atoms with E-state index in [1.165, 1.54) is 0 Å². The molecule has 2 amide bonds. The molecule has 1 saturated heterocycles.